The monoisotopic (exact) mass is 1390 g/mol. The van der Waals surface area contributed by atoms with Crippen LogP contribution in [-0.4, -0.2) is 456 Å². The van der Waals surface area contributed by atoms with Gasteiger partial charge in [0.05, 0.1) is 66.1 Å². The minimum absolute atomic E-state index is 0.540. The minimum Gasteiger partial charge on any atom is -0.394 e. The molecule has 0 amide bonds. The topological polar surface area (TPSA) is 694 Å². The number of ether oxygens (including phenoxy) is 16. The fraction of sp³-hybridized carbons (Fsp3) is 1.00. The maximum Gasteiger partial charge on any atom is 0.187 e. The molecule has 8 aliphatic heterocycles. The van der Waals surface area contributed by atoms with E-state index in [1.54, 1.807) is 0 Å². The van der Waals surface area contributed by atoms with Crippen molar-refractivity contribution in [2.24, 2.45) is 0 Å². The Morgan fingerprint density at radius 3 is 1.01 bits per heavy atom. The molecule has 41 atom stereocenters. The zero-order valence-corrected chi connectivity index (χ0v) is 49.3. The minimum atomic E-state index is -2.50. The lowest BCUT2D eigenvalue weighted by Gasteiger charge is -2.49. The van der Waals surface area contributed by atoms with Crippen molar-refractivity contribution in [3.63, 3.8) is 0 Å². The lowest BCUT2D eigenvalue weighted by atomic mass is 9.95. The van der Waals surface area contributed by atoms with Crippen LogP contribution >= 0.6 is 0 Å². The van der Waals surface area contributed by atoms with Gasteiger partial charge in [-0.2, -0.15) is 0 Å². The first-order valence-corrected chi connectivity index (χ1v) is 29.8. The number of hydrogen-bond donors (Lipinski definition) is 27. The molecule has 0 radical (unpaired) electrons. The molecular formula is C51H88O43. The molecule has 8 heterocycles. The van der Waals surface area contributed by atoms with Crippen LogP contribution in [0.3, 0.4) is 0 Å². The van der Waals surface area contributed by atoms with Gasteiger partial charge in [0.1, 0.15) is 201 Å². The first-order valence-electron chi connectivity index (χ1n) is 29.8. The van der Waals surface area contributed by atoms with E-state index in [0.29, 0.717) is 0 Å². The Morgan fingerprint density at radius 2 is 0.596 bits per heavy atom. The van der Waals surface area contributed by atoms with Crippen molar-refractivity contribution in [2.75, 3.05) is 66.1 Å². The van der Waals surface area contributed by atoms with Gasteiger partial charge >= 0.3 is 0 Å². The van der Waals surface area contributed by atoms with E-state index in [9.17, 15) is 138 Å². The summed E-state index contributed by atoms with van der Waals surface area (Å²) in [6.45, 7) is -9.31. The molecule has 0 aliphatic carbocycles. The van der Waals surface area contributed by atoms with Crippen molar-refractivity contribution in [1.82, 2.24) is 0 Å². The van der Waals surface area contributed by atoms with Crippen molar-refractivity contribution in [3.05, 3.63) is 0 Å². The Hall–Kier alpha value is -1.72. The summed E-state index contributed by atoms with van der Waals surface area (Å²) in [6, 6.07) is 0. The molecule has 0 aromatic heterocycles. The van der Waals surface area contributed by atoms with E-state index in [1.165, 1.54) is 0 Å². The first kappa shape index (κ1) is 78.0. The zero-order valence-electron chi connectivity index (χ0n) is 49.3. The molecule has 94 heavy (non-hydrogen) atoms. The Bertz CT molecular complexity index is 2240. The summed E-state index contributed by atoms with van der Waals surface area (Å²) < 4.78 is 91.5. The van der Waals surface area contributed by atoms with Gasteiger partial charge in [0.25, 0.3) is 0 Å². The van der Waals surface area contributed by atoms with Crippen LogP contribution in [-0.2, 0) is 75.8 Å². The van der Waals surface area contributed by atoms with Gasteiger partial charge in [-0.05, 0) is 0 Å². The first-order chi connectivity index (χ1) is 44.5. The summed E-state index contributed by atoms with van der Waals surface area (Å²) in [4.78, 5) is 0. The zero-order chi connectivity index (χ0) is 69.1. The Balaban J connectivity index is 1.10. The van der Waals surface area contributed by atoms with Gasteiger partial charge in [0.15, 0.2) is 50.3 Å². The molecule has 8 aliphatic rings. The van der Waals surface area contributed by atoms with Gasteiger partial charge in [0, 0.05) is 0 Å². The molecule has 0 aromatic carbocycles. The lowest BCUT2D eigenvalue weighted by Crippen LogP contribution is -2.67. The van der Waals surface area contributed by atoms with Gasteiger partial charge in [-0.3, -0.25) is 0 Å². The van der Waals surface area contributed by atoms with Crippen molar-refractivity contribution >= 4 is 0 Å². The van der Waals surface area contributed by atoms with E-state index in [1.807, 2.05) is 0 Å². The third kappa shape index (κ3) is 17.2. The molecule has 550 valence electrons. The Labute approximate surface area is 530 Å². The van der Waals surface area contributed by atoms with Crippen LogP contribution in [0.5, 0.6) is 0 Å². The van der Waals surface area contributed by atoms with E-state index in [4.69, 9.17) is 75.8 Å². The molecule has 8 saturated heterocycles. The lowest BCUT2D eigenvalue weighted by molar-refractivity contribution is -0.393. The molecule has 43 heteroatoms. The molecule has 27 N–H and O–H groups in total. The summed E-state index contributed by atoms with van der Waals surface area (Å²) in [6.07, 6.45) is -84.0. The fourth-order valence-electron chi connectivity index (χ4n) is 11.4. The van der Waals surface area contributed by atoms with E-state index in [2.05, 4.69) is 0 Å². The molecule has 0 bridgehead atoms. The van der Waals surface area contributed by atoms with E-state index in [0.717, 1.165) is 0 Å². The third-order valence-corrected chi connectivity index (χ3v) is 17.2. The average molecular weight is 1390 g/mol. The highest BCUT2D eigenvalue weighted by Gasteiger charge is 2.58. The Morgan fingerprint density at radius 1 is 0.287 bits per heavy atom. The molecule has 8 rings (SSSR count). The quantitative estimate of drug-likeness (QED) is 0.0382. The number of rotatable bonds is 26. The highest BCUT2D eigenvalue weighted by Crippen LogP contribution is 2.37. The highest BCUT2D eigenvalue weighted by molar-refractivity contribution is 5.00. The second kappa shape index (κ2) is 34.3. The predicted octanol–water partition coefficient (Wildman–Crippen LogP) is -19.1. The maximum atomic E-state index is 12.1. The van der Waals surface area contributed by atoms with Crippen LogP contribution in [0.4, 0.5) is 0 Å². The van der Waals surface area contributed by atoms with E-state index in [-0.39, 0.29) is 0 Å². The van der Waals surface area contributed by atoms with Crippen molar-refractivity contribution < 1.29 is 214 Å². The average Bonchev–Trinajstić information content (AvgIpc) is 0.785. The Kier molecular flexibility index (Phi) is 28.5. The van der Waals surface area contributed by atoms with Crippen LogP contribution in [0.15, 0.2) is 0 Å². The number of aliphatic hydroxyl groups excluding tert-OH is 27. The summed E-state index contributed by atoms with van der Waals surface area (Å²) >= 11 is 0. The van der Waals surface area contributed by atoms with Crippen molar-refractivity contribution in [3.8, 4) is 0 Å². The molecule has 0 aromatic rings. The van der Waals surface area contributed by atoms with Gasteiger partial charge in [-0.15, -0.1) is 0 Å². The van der Waals surface area contributed by atoms with Crippen LogP contribution < -0.4 is 0 Å². The number of hydrogen-bond acceptors (Lipinski definition) is 43. The molecule has 8 fully saturated rings. The maximum absolute atomic E-state index is 12.1. The van der Waals surface area contributed by atoms with Crippen LogP contribution in [0.2, 0.25) is 0 Å². The van der Waals surface area contributed by atoms with Crippen molar-refractivity contribution in [2.45, 2.75) is 252 Å². The normalized spacial score (nSPS) is 50.4. The van der Waals surface area contributed by atoms with E-state index >= 15 is 0 Å². The molecular weight excluding hydrogens is 1300 g/mol. The summed E-state index contributed by atoms with van der Waals surface area (Å²) in [5.41, 5.74) is 0. The van der Waals surface area contributed by atoms with E-state index < -0.39 is 318 Å². The summed E-state index contributed by atoms with van der Waals surface area (Å²) in [5, 5.41) is 290. The van der Waals surface area contributed by atoms with Crippen LogP contribution in [0, 0.1) is 0 Å². The molecule has 0 saturated carbocycles. The summed E-state index contributed by atoms with van der Waals surface area (Å²) in [5.74, 6) is 0. The third-order valence-electron chi connectivity index (χ3n) is 17.2. The standard InChI is InChI=1S/C51H88O43/c52-1-11(56)22(62)39(12(57)2-53)90-48-37(77)31(71)41(19(88-48)9-83-50-42(23(63)14(59)6-80-50)93-45-34(74)28(68)25(65)16(3-54)85-45)92-49-38(78)32(72)40(91-47-36(76)30(70)27(67)18(87-47)8-82-44-33(73)21(61)13(58)5-79-44)20(89-49)10-84-51-43(24(64)15(60)7-81-51)94-46-35(75)29(69)26(66)17(4-55)86-46/h11-78H,1-10H2/t11-,12+,13+,14+,15+,16+,17+,18+,19+,20+,21-,22+,23-,24-,25-,26-,27+,28-,29-,30-,31+,32+,33+,34+,35+,36+,37+,38+,39+,40+,41+,42+,43+,44+,45-,46-,47-,48-,49-,50+,51+/m0/s1. The van der Waals surface area contributed by atoms with Gasteiger partial charge in [-0.1, -0.05) is 0 Å². The van der Waals surface area contributed by atoms with Crippen molar-refractivity contribution in [1.29, 1.82) is 0 Å². The number of aliphatic hydroxyl groups is 27. The highest BCUT2D eigenvalue weighted by atomic mass is 16.8. The second-order valence-corrected chi connectivity index (χ2v) is 23.7. The smallest absolute Gasteiger partial charge is 0.187 e. The van der Waals surface area contributed by atoms with Gasteiger partial charge in [-0.25, -0.2) is 0 Å². The SMILES string of the molecule is OC[C@@H](O)[C@@H](O[C@@H]1O[C@H](CO[C@H]2OC[C@@H](O)[C@H](O)[C@H]2O[C@@H]2O[C@H](CO)[C@H](O)[C@H](O)[C@H]2O)[C@@H](O[C@@H]2O[C@H](CO[C@H]3OC[C@@H](O)[C@H](O)[C@H]3O[C@@H]3O[C@H](CO)[C@H](O)[C@H](O)[C@H]3O)[C@@H](O[C@@H]3O[C@H](CO[C@H]4OC[C@@H](O)[C@H](O)[C@H]4O)[C@@H](O)[C@H](O)[C@H]3O)[C@H](O)[C@H]2O)[C@H](O)[C@H]1O)[C@H](O)[C@@H](O)CO. The van der Waals surface area contributed by atoms with Crippen LogP contribution in [0.25, 0.3) is 0 Å². The molecule has 0 unspecified atom stereocenters. The van der Waals surface area contributed by atoms with Crippen LogP contribution in [0.1, 0.15) is 0 Å². The van der Waals surface area contributed by atoms with Gasteiger partial charge < -0.3 is 214 Å². The van der Waals surface area contributed by atoms with Gasteiger partial charge in [0.2, 0.25) is 0 Å². The molecule has 43 nitrogen and oxygen atoms in total. The fourth-order valence-corrected chi connectivity index (χ4v) is 11.4. The summed E-state index contributed by atoms with van der Waals surface area (Å²) in [7, 11) is 0. The predicted molar refractivity (Wildman–Crippen MR) is 281 cm³/mol. The largest absolute Gasteiger partial charge is 0.394 e. The second-order valence-electron chi connectivity index (χ2n) is 23.7. The molecule has 0 spiro atoms.